The lowest BCUT2D eigenvalue weighted by Crippen LogP contribution is -2.47. The maximum Gasteiger partial charge on any atom is 0.0481 e. The molecule has 3 unspecified atom stereocenters. The first-order valence-electron chi connectivity index (χ1n) is 8.26. The topological polar surface area (TPSA) is 15.3 Å². The average Bonchev–Trinajstić information content (AvgIpc) is 3.30. The Kier molecular flexibility index (Phi) is 4.13. The van der Waals surface area contributed by atoms with Crippen LogP contribution in [0.4, 0.5) is 0 Å². The number of fused-ring (bicyclic) bond motifs is 1. The Morgan fingerprint density at radius 1 is 1.20 bits per heavy atom. The van der Waals surface area contributed by atoms with Gasteiger partial charge in [-0.15, -0.1) is 0 Å². The van der Waals surface area contributed by atoms with Gasteiger partial charge in [-0.25, -0.2) is 0 Å². The molecule has 1 N–H and O–H groups in total. The van der Waals surface area contributed by atoms with Crippen LogP contribution >= 0.6 is 0 Å². The molecule has 2 aliphatic carbocycles. The average molecular weight is 272 g/mol. The SMILES string of the molecule is CCCNC1c2ccccc2C(C)CC1N(C)C1CC1. The first-order valence-corrected chi connectivity index (χ1v) is 8.26. The van der Waals surface area contributed by atoms with Crippen molar-refractivity contribution in [1.82, 2.24) is 10.2 Å². The highest BCUT2D eigenvalue weighted by molar-refractivity contribution is 5.37. The van der Waals surface area contributed by atoms with Gasteiger partial charge < -0.3 is 5.32 Å². The second-order valence-electron chi connectivity index (χ2n) is 6.66. The van der Waals surface area contributed by atoms with Crippen LogP contribution in [0.2, 0.25) is 0 Å². The van der Waals surface area contributed by atoms with E-state index in [4.69, 9.17) is 0 Å². The highest BCUT2D eigenvalue weighted by Crippen LogP contribution is 2.42. The lowest BCUT2D eigenvalue weighted by atomic mass is 9.77. The van der Waals surface area contributed by atoms with Crippen molar-refractivity contribution < 1.29 is 0 Å². The Morgan fingerprint density at radius 2 is 1.90 bits per heavy atom. The van der Waals surface area contributed by atoms with Gasteiger partial charge in [0.05, 0.1) is 0 Å². The highest BCUT2D eigenvalue weighted by atomic mass is 15.2. The fourth-order valence-electron chi connectivity index (χ4n) is 3.78. The van der Waals surface area contributed by atoms with Crippen LogP contribution in [-0.2, 0) is 0 Å². The Labute approximate surface area is 123 Å². The van der Waals surface area contributed by atoms with Crippen molar-refractivity contribution in [2.24, 2.45) is 0 Å². The molecular weight excluding hydrogens is 244 g/mol. The Bertz CT molecular complexity index is 452. The fraction of sp³-hybridized carbons (Fsp3) is 0.667. The molecule has 2 aliphatic rings. The molecule has 2 nitrogen and oxygen atoms in total. The predicted octanol–water partition coefficient (Wildman–Crippen LogP) is 3.70. The van der Waals surface area contributed by atoms with Crippen molar-refractivity contribution in [3.63, 3.8) is 0 Å². The zero-order valence-electron chi connectivity index (χ0n) is 13.1. The molecule has 0 heterocycles. The second-order valence-corrected chi connectivity index (χ2v) is 6.66. The summed E-state index contributed by atoms with van der Waals surface area (Å²) in [6.45, 7) is 5.76. The van der Waals surface area contributed by atoms with Crippen LogP contribution in [0.1, 0.15) is 62.6 Å². The normalized spacial score (nSPS) is 29.5. The third-order valence-corrected chi connectivity index (χ3v) is 5.10. The van der Waals surface area contributed by atoms with E-state index in [1.54, 1.807) is 5.56 Å². The first kappa shape index (κ1) is 14.1. The van der Waals surface area contributed by atoms with Gasteiger partial charge in [0.1, 0.15) is 0 Å². The molecule has 0 amide bonds. The third-order valence-electron chi connectivity index (χ3n) is 5.10. The summed E-state index contributed by atoms with van der Waals surface area (Å²) in [5.74, 6) is 0.678. The van der Waals surface area contributed by atoms with E-state index in [9.17, 15) is 0 Å². The van der Waals surface area contributed by atoms with E-state index >= 15 is 0 Å². The second kappa shape index (κ2) is 5.87. The number of rotatable bonds is 5. The molecule has 3 rings (SSSR count). The maximum atomic E-state index is 3.82. The number of benzene rings is 1. The van der Waals surface area contributed by atoms with Gasteiger partial charge in [-0.3, -0.25) is 4.90 Å². The third kappa shape index (κ3) is 2.64. The van der Waals surface area contributed by atoms with E-state index in [0.717, 1.165) is 12.6 Å². The Hall–Kier alpha value is -0.860. The van der Waals surface area contributed by atoms with Gasteiger partial charge in [0.2, 0.25) is 0 Å². The van der Waals surface area contributed by atoms with Crippen molar-refractivity contribution in [3.8, 4) is 0 Å². The monoisotopic (exact) mass is 272 g/mol. The summed E-state index contributed by atoms with van der Waals surface area (Å²) in [6, 6.07) is 11.1. The highest BCUT2D eigenvalue weighted by Gasteiger charge is 2.39. The smallest absolute Gasteiger partial charge is 0.0481 e. The zero-order valence-corrected chi connectivity index (χ0v) is 13.1. The molecule has 0 saturated heterocycles. The standard InChI is InChI=1S/C18H28N2/c1-4-11-19-18-16-8-6-5-7-15(16)13(2)12-17(18)20(3)14-9-10-14/h5-8,13-14,17-19H,4,9-12H2,1-3H3. The van der Waals surface area contributed by atoms with E-state index in [-0.39, 0.29) is 0 Å². The minimum atomic E-state index is 0.507. The summed E-state index contributed by atoms with van der Waals surface area (Å²) in [7, 11) is 2.34. The van der Waals surface area contributed by atoms with E-state index in [1.165, 1.54) is 31.2 Å². The summed E-state index contributed by atoms with van der Waals surface area (Å²) < 4.78 is 0. The van der Waals surface area contributed by atoms with Gasteiger partial charge in [0.15, 0.2) is 0 Å². The minimum absolute atomic E-state index is 0.507. The molecule has 2 heteroatoms. The van der Waals surface area contributed by atoms with Gasteiger partial charge in [-0.1, -0.05) is 38.1 Å². The number of likely N-dealkylation sites (N-methyl/N-ethyl adjacent to an activating group) is 1. The number of nitrogens with zero attached hydrogens (tertiary/aromatic N) is 1. The van der Waals surface area contributed by atoms with Crippen LogP contribution in [0, 0.1) is 0 Å². The lowest BCUT2D eigenvalue weighted by molar-refractivity contribution is 0.156. The van der Waals surface area contributed by atoms with Crippen LogP contribution in [0.5, 0.6) is 0 Å². The van der Waals surface area contributed by atoms with Crippen LogP contribution in [-0.4, -0.2) is 30.6 Å². The van der Waals surface area contributed by atoms with Crippen LogP contribution in [0.25, 0.3) is 0 Å². The molecule has 20 heavy (non-hydrogen) atoms. The maximum absolute atomic E-state index is 3.82. The van der Waals surface area contributed by atoms with Gasteiger partial charge in [0, 0.05) is 18.1 Å². The largest absolute Gasteiger partial charge is 0.309 e. The number of hydrogen-bond acceptors (Lipinski definition) is 2. The molecule has 0 radical (unpaired) electrons. The summed E-state index contributed by atoms with van der Waals surface area (Å²) in [4.78, 5) is 2.65. The molecule has 3 atom stereocenters. The van der Waals surface area contributed by atoms with Crippen molar-refractivity contribution >= 4 is 0 Å². The van der Waals surface area contributed by atoms with Gasteiger partial charge >= 0.3 is 0 Å². The summed E-state index contributed by atoms with van der Waals surface area (Å²) in [5.41, 5.74) is 3.10. The minimum Gasteiger partial charge on any atom is -0.309 e. The first-order chi connectivity index (χ1) is 9.72. The van der Waals surface area contributed by atoms with Crippen LogP contribution in [0.3, 0.4) is 0 Å². The van der Waals surface area contributed by atoms with Crippen LogP contribution < -0.4 is 5.32 Å². The molecule has 110 valence electrons. The van der Waals surface area contributed by atoms with Gasteiger partial charge in [0.25, 0.3) is 0 Å². The molecule has 1 aromatic rings. The molecular formula is C18H28N2. The van der Waals surface area contributed by atoms with Crippen molar-refractivity contribution in [1.29, 1.82) is 0 Å². The van der Waals surface area contributed by atoms with Crippen LogP contribution in [0.15, 0.2) is 24.3 Å². The molecule has 0 bridgehead atoms. The molecule has 1 aromatic carbocycles. The van der Waals surface area contributed by atoms with Gasteiger partial charge in [-0.2, -0.15) is 0 Å². The van der Waals surface area contributed by atoms with E-state index < -0.39 is 0 Å². The molecule has 1 saturated carbocycles. The van der Waals surface area contributed by atoms with E-state index in [2.05, 4.69) is 55.4 Å². The Morgan fingerprint density at radius 3 is 2.55 bits per heavy atom. The van der Waals surface area contributed by atoms with Gasteiger partial charge in [-0.05, 0) is 56.3 Å². The van der Waals surface area contributed by atoms with Crippen molar-refractivity contribution in [3.05, 3.63) is 35.4 Å². The van der Waals surface area contributed by atoms with E-state index in [0.29, 0.717) is 18.0 Å². The molecule has 0 aromatic heterocycles. The van der Waals surface area contributed by atoms with E-state index in [1.807, 2.05) is 0 Å². The lowest BCUT2D eigenvalue weighted by Gasteiger charge is -2.42. The molecule has 0 aliphatic heterocycles. The quantitative estimate of drug-likeness (QED) is 0.879. The molecule has 1 fully saturated rings. The summed E-state index contributed by atoms with van der Waals surface area (Å²) in [5, 5.41) is 3.82. The predicted molar refractivity (Wildman–Crippen MR) is 85.1 cm³/mol. The van der Waals surface area contributed by atoms with Crippen molar-refractivity contribution in [2.75, 3.05) is 13.6 Å². The Balaban J connectivity index is 1.90. The fourth-order valence-corrected chi connectivity index (χ4v) is 3.78. The summed E-state index contributed by atoms with van der Waals surface area (Å²) in [6.07, 6.45) is 5.27. The molecule has 0 spiro atoms. The zero-order chi connectivity index (χ0) is 14.1. The summed E-state index contributed by atoms with van der Waals surface area (Å²) >= 11 is 0. The number of nitrogens with one attached hydrogen (secondary N) is 1. The van der Waals surface area contributed by atoms with Crippen molar-refractivity contribution in [2.45, 2.75) is 63.6 Å². The number of hydrogen-bond donors (Lipinski definition) is 1.